The molecule has 0 radical (unpaired) electrons. The number of methoxy groups -OCH3 is 1. The standard InChI is InChI=1S/C28H40FN3O3/c1-34-25-16-22(15-24(29)17-25)27(33)30-18-20-5-11-32(12-6-20)19-26(21-3-2-4-21)31-28(9-10-28)23-7-13-35-14-8-23/h15-17,20,23,31H,2-14,18-19H2,1H3,(H,30,33). The van der Waals surface area contributed by atoms with E-state index in [-0.39, 0.29) is 5.91 Å². The summed E-state index contributed by atoms with van der Waals surface area (Å²) in [6.07, 6.45) is 10.9. The van der Waals surface area contributed by atoms with E-state index in [1.807, 2.05) is 0 Å². The van der Waals surface area contributed by atoms with Crippen LogP contribution in [0.15, 0.2) is 29.5 Å². The summed E-state index contributed by atoms with van der Waals surface area (Å²) in [7, 11) is 1.47. The highest BCUT2D eigenvalue weighted by atomic mass is 19.1. The quantitative estimate of drug-likeness (QED) is 0.547. The number of piperidine rings is 1. The molecule has 0 spiro atoms. The zero-order chi connectivity index (χ0) is 24.3. The second-order valence-corrected chi connectivity index (χ2v) is 10.9. The van der Waals surface area contributed by atoms with Crippen molar-refractivity contribution in [2.24, 2.45) is 11.8 Å². The second-order valence-electron chi connectivity index (χ2n) is 10.9. The number of amides is 1. The average Bonchev–Trinajstić information content (AvgIpc) is 3.63. The molecule has 1 amide bonds. The summed E-state index contributed by atoms with van der Waals surface area (Å²) in [5.74, 6) is 0.861. The third-order valence-corrected chi connectivity index (χ3v) is 8.58. The number of benzene rings is 1. The fourth-order valence-electron chi connectivity index (χ4n) is 5.94. The number of nitrogens with one attached hydrogen (secondary N) is 2. The molecule has 35 heavy (non-hydrogen) atoms. The lowest BCUT2D eigenvalue weighted by molar-refractivity contribution is 0.0505. The summed E-state index contributed by atoms with van der Waals surface area (Å²) in [5, 5.41) is 7.09. The van der Waals surface area contributed by atoms with Crippen molar-refractivity contribution in [3.63, 3.8) is 0 Å². The van der Waals surface area contributed by atoms with Crippen LogP contribution in [-0.4, -0.2) is 62.8 Å². The van der Waals surface area contributed by atoms with Gasteiger partial charge in [0.1, 0.15) is 11.6 Å². The number of allylic oxidation sites excluding steroid dienone is 1. The largest absolute Gasteiger partial charge is 0.497 e. The summed E-state index contributed by atoms with van der Waals surface area (Å²) in [5.41, 5.74) is 3.78. The topological polar surface area (TPSA) is 62.8 Å². The van der Waals surface area contributed by atoms with Crippen LogP contribution in [0.3, 0.4) is 0 Å². The summed E-state index contributed by atoms with van der Waals surface area (Å²) < 4.78 is 24.4. The Labute approximate surface area is 208 Å². The number of rotatable bonds is 9. The Balaban J connectivity index is 1.10. The minimum absolute atomic E-state index is 0.241. The van der Waals surface area contributed by atoms with Crippen molar-refractivity contribution in [1.82, 2.24) is 15.5 Å². The number of halogens is 1. The molecular weight excluding hydrogens is 445 g/mol. The van der Waals surface area contributed by atoms with Gasteiger partial charge in [-0.2, -0.15) is 0 Å². The van der Waals surface area contributed by atoms with Crippen LogP contribution in [0, 0.1) is 17.7 Å². The Morgan fingerprint density at radius 1 is 1.14 bits per heavy atom. The number of carbonyl (C=O) groups excluding carboxylic acids is 1. The SMILES string of the molecule is COc1cc(F)cc(C(=O)NCC2CCN(CC(NC3(C4CCOCC4)CC3)=C3CCC3)CC2)c1. The van der Waals surface area contributed by atoms with Crippen LogP contribution in [0.1, 0.15) is 68.1 Å². The van der Waals surface area contributed by atoms with Crippen molar-refractivity contribution in [2.45, 2.75) is 63.3 Å². The third-order valence-electron chi connectivity index (χ3n) is 8.58. The normalized spacial score (nSPS) is 22.9. The van der Waals surface area contributed by atoms with E-state index in [2.05, 4.69) is 15.5 Å². The van der Waals surface area contributed by atoms with Gasteiger partial charge in [0.2, 0.25) is 0 Å². The smallest absolute Gasteiger partial charge is 0.251 e. The third kappa shape index (κ3) is 6.00. The fraction of sp³-hybridized carbons (Fsp3) is 0.679. The Bertz CT molecular complexity index is 925. The Hall–Kier alpha value is -2.12. The molecule has 0 bridgehead atoms. The highest BCUT2D eigenvalue weighted by molar-refractivity contribution is 5.94. The maximum Gasteiger partial charge on any atom is 0.251 e. The molecule has 2 aliphatic carbocycles. The summed E-state index contributed by atoms with van der Waals surface area (Å²) in [6, 6.07) is 4.12. The molecule has 0 atom stereocenters. The first kappa shape index (κ1) is 24.6. The molecule has 0 aromatic heterocycles. The molecule has 6 nitrogen and oxygen atoms in total. The summed E-state index contributed by atoms with van der Waals surface area (Å²) >= 11 is 0. The van der Waals surface area contributed by atoms with Crippen molar-refractivity contribution in [1.29, 1.82) is 0 Å². The lowest BCUT2D eigenvalue weighted by Crippen LogP contribution is -2.46. The van der Waals surface area contributed by atoms with Crippen molar-refractivity contribution in [3.8, 4) is 5.75 Å². The number of ether oxygens (including phenoxy) is 2. The first-order valence-electron chi connectivity index (χ1n) is 13.5. The zero-order valence-corrected chi connectivity index (χ0v) is 21.0. The van der Waals surface area contributed by atoms with Crippen LogP contribution in [-0.2, 0) is 4.74 Å². The number of nitrogens with zero attached hydrogens (tertiary/aromatic N) is 1. The van der Waals surface area contributed by atoms with Crippen LogP contribution in [0.25, 0.3) is 0 Å². The minimum Gasteiger partial charge on any atom is -0.497 e. The van der Waals surface area contributed by atoms with Gasteiger partial charge in [-0.25, -0.2) is 4.39 Å². The van der Waals surface area contributed by atoms with Gasteiger partial charge in [-0.05, 0) is 100 Å². The molecule has 2 saturated carbocycles. The molecular formula is C28H40FN3O3. The van der Waals surface area contributed by atoms with E-state index in [9.17, 15) is 9.18 Å². The number of hydrogen-bond donors (Lipinski definition) is 2. The van der Waals surface area contributed by atoms with Gasteiger partial charge in [-0.15, -0.1) is 0 Å². The lowest BCUT2D eigenvalue weighted by Gasteiger charge is -2.38. The monoisotopic (exact) mass is 485 g/mol. The molecule has 5 rings (SSSR count). The maximum atomic E-state index is 13.7. The molecule has 2 N–H and O–H groups in total. The van der Waals surface area contributed by atoms with E-state index in [1.165, 1.54) is 69.9 Å². The molecule has 192 valence electrons. The van der Waals surface area contributed by atoms with Crippen molar-refractivity contribution in [2.75, 3.05) is 46.5 Å². The van der Waals surface area contributed by atoms with Gasteiger partial charge < -0.3 is 20.1 Å². The van der Waals surface area contributed by atoms with Gasteiger partial charge in [-0.1, -0.05) is 0 Å². The zero-order valence-electron chi connectivity index (χ0n) is 21.0. The van der Waals surface area contributed by atoms with Gasteiger partial charge in [0.15, 0.2) is 0 Å². The van der Waals surface area contributed by atoms with Crippen LogP contribution in [0.5, 0.6) is 5.75 Å². The Kier molecular flexibility index (Phi) is 7.63. The van der Waals surface area contributed by atoms with Crippen LogP contribution < -0.4 is 15.4 Å². The fourth-order valence-corrected chi connectivity index (χ4v) is 5.94. The van der Waals surface area contributed by atoms with Gasteiger partial charge >= 0.3 is 0 Å². The molecule has 4 fully saturated rings. The number of carbonyl (C=O) groups is 1. The maximum absolute atomic E-state index is 13.7. The average molecular weight is 486 g/mol. The van der Waals surface area contributed by atoms with Crippen molar-refractivity contribution in [3.05, 3.63) is 40.8 Å². The highest BCUT2D eigenvalue weighted by Crippen LogP contribution is 2.48. The van der Waals surface area contributed by atoms with E-state index in [1.54, 1.807) is 11.6 Å². The molecule has 0 unspecified atom stereocenters. The Morgan fingerprint density at radius 2 is 1.89 bits per heavy atom. The van der Waals surface area contributed by atoms with Gasteiger partial charge in [0, 0.05) is 49.2 Å². The minimum atomic E-state index is -0.461. The van der Waals surface area contributed by atoms with E-state index in [0.29, 0.717) is 29.3 Å². The molecule has 4 aliphatic rings. The number of hydrogen-bond acceptors (Lipinski definition) is 5. The molecule has 1 aromatic rings. The molecule has 2 saturated heterocycles. The van der Waals surface area contributed by atoms with Gasteiger partial charge in [-0.3, -0.25) is 9.69 Å². The summed E-state index contributed by atoms with van der Waals surface area (Å²) in [6.45, 7) is 5.59. The lowest BCUT2D eigenvalue weighted by atomic mass is 9.86. The predicted molar refractivity (Wildman–Crippen MR) is 134 cm³/mol. The van der Waals surface area contributed by atoms with E-state index < -0.39 is 5.82 Å². The number of likely N-dealkylation sites (tertiary alicyclic amines) is 1. The van der Waals surface area contributed by atoms with Crippen LogP contribution in [0.4, 0.5) is 4.39 Å². The highest BCUT2D eigenvalue weighted by Gasteiger charge is 2.50. The summed E-state index contributed by atoms with van der Waals surface area (Å²) in [4.78, 5) is 15.1. The molecule has 2 heterocycles. The van der Waals surface area contributed by atoms with Gasteiger partial charge in [0.25, 0.3) is 5.91 Å². The second kappa shape index (κ2) is 10.9. The van der Waals surface area contributed by atoms with E-state index >= 15 is 0 Å². The van der Waals surface area contributed by atoms with Crippen LogP contribution >= 0.6 is 0 Å². The van der Waals surface area contributed by atoms with Gasteiger partial charge in [0.05, 0.1) is 7.11 Å². The predicted octanol–water partition coefficient (Wildman–Crippen LogP) is 4.26. The molecule has 2 aliphatic heterocycles. The van der Waals surface area contributed by atoms with E-state index in [0.717, 1.165) is 51.6 Å². The first-order valence-corrected chi connectivity index (χ1v) is 13.5. The molecule has 7 heteroatoms. The van der Waals surface area contributed by atoms with E-state index in [4.69, 9.17) is 9.47 Å². The van der Waals surface area contributed by atoms with Crippen molar-refractivity contribution >= 4 is 5.91 Å². The Morgan fingerprint density at radius 3 is 2.51 bits per heavy atom. The van der Waals surface area contributed by atoms with Crippen molar-refractivity contribution < 1.29 is 18.7 Å². The first-order chi connectivity index (χ1) is 17.0. The van der Waals surface area contributed by atoms with Crippen LogP contribution in [0.2, 0.25) is 0 Å². The molecule has 1 aromatic carbocycles.